The van der Waals surface area contributed by atoms with Gasteiger partial charge in [-0.15, -0.1) is 35.7 Å². The van der Waals surface area contributed by atoms with Gasteiger partial charge in [0.2, 0.25) is 0 Å². The van der Waals surface area contributed by atoms with Crippen molar-refractivity contribution in [3.05, 3.63) is 30.3 Å². The molecule has 0 radical (unpaired) electrons. The van der Waals surface area contributed by atoms with Crippen LogP contribution in [0.1, 0.15) is 19.8 Å². The Kier molecular flexibility index (Phi) is 11.6. The van der Waals surface area contributed by atoms with E-state index < -0.39 is 0 Å². The van der Waals surface area contributed by atoms with Crippen LogP contribution in [0.2, 0.25) is 0 Å². The van der Waals surface area contributed by atoms with Crippen LogP contribution in [0.15, 0.2) is 40.2 Å². The molecule has 1 unspecified atom stereocenters. The van der Waals surface area contributed by atoms with Gasteiger partial charge in [0.15, 0.2) is 5.96 Å². The van der Waals surface area contributed by atoms with E-state index in [2.05, 4.69) is 66.5 Å². The van der Waals surface area contributed by atoms with Crippen molar-refractivity contribution < 1.29 is 0 Å². The molecule has 1 aromatic rings. The minimum Gasteiger partial charge on any atom is -0.357 e. The molecule has 1 heterocycles. The Morgan fingerprint density at radius 3 is 2.76 bits per heavy atom. The highest BCUT2D eigenvalue weighted by Gasteiger charge is 2.24. The van der Waals surface area contributed by atoms with E-state index in [1.165, 1.54) is 17.1 Å². The number of aliphatic imine (C=N–C) groups is 1. The molecule has 1 atom stereocenters. The fourth-order valence-corrected chi connectivity index (χ4v) is 3.94. The van der Waals surface area contributed by atoms with Gasteiger partial charge in [0.25, 0.3) is 0 Å². The lowest BCUT2D eigenvalue weighted by Gasteiger charge is -2.22. The molecule has 25 heavy (non-hydrogen) atoms. The molecule has 1 aliphatic heterocycles. The van der Waals surface area contributed by atoms with Crippen LogP contribution in [0.5, 0.6) is 0 Å². The normalized spacial score (nSPS) is 17.7. The van der Waals surface area contributed by atoms with Crippen molar-refractivity contribution in [2.75, 3.05) is 52.6 Å². The minimum absolute atomic E-state index is 0. The molecule has 0 spiro atoms. The molecule has 1 saturated heterocycles. The zero-order valence-corrected chi connectivity index (χ0v) is 18.9. The molecule has 0 bridgehead atoms. The zero-order valence-electron chi connectivity index (χ0n) is 15.8. The van der Waals surface area contributed by atoms with Gasteiger partial charge < -0.3 is 15.1 Å². The highest BCUT2D eigenvalue weighted by molar-refractivity contribution is 14.0. The molecule has 1 fully saturated rings. The summed E-state index contributed by atoms with van der Waals surface area (Å²) in [6.45, 7) is 7.33. The third-order valence-corrected chi connectivity index (χ3v) is 5.42. The Bertz CT molecular complexity index is 495. The first-order valence-corrected chi connectivity index (χ1v) is 10.0. The molecule has 2 rings (SSSR count). The van der Waals surface area contributed by atoms with E-state index in [-0.39, 0.29) is 24.0 Å². The van der Waals surface area contributed by atoms with E-state index in [4.69, 9.17) is 4.99 Å². The quantitative estimate of drug-likeness (QED) is 0.204. The second-order valence-electron chi connectivity index (χ2n) is 6.62. The summed E-state index contributed by atoms with van der Waals surface area (Å²) in [5.74, 6) is 3.05. The number of hydrogen-bond acceptors (Lipinski definition) is 3. The van der Waals surface area contributed by atoms with Crippen molar-refractivity contribution in [1.82, 2.24) is 15.1 Å². The SMILES string of the molecule is CCNC(=NCCCN(C)C)N1CCC(CSc2ccccc2)C1.I. The lowest BCUT2D eigenvalue weighted by molar-refractivity contribution is 0.402. The summed E-state index contributed by atoms with van der Waals surface area (Å²) >= 11 is 1.98. The Morgan fingerprint density at radius 2 is 2.08 bits per heavy atom. The van der Waals surface area contributed by atoms with E-state index in [1.807, 2.05) is 11.8 Å². The fraction of sp³-hybridized carbons (Fsp3) is 0.632. The van der Waals surface area contributed by atoms with Crippen LogP contribution in [0.25, 0.3) is 0 Å². The minimum atomic E-state index is 0. The molecule has 0 aliphatic carbocycles. The van der Waals surface area contributed by atoms with Crippen molar-refractivity contribution >= 4 is 41.7 Å². The van der Waals surface area contributed by atoms with Gasteiger partial charge in [-0.2, -0.15) is 0 Å². The Morgan fingerprint density at radius 1 is 1.32 bits per heavy atom. The summed E-state index contributed by atoms with van der Waals surface area (Å²) < 4.78 is 0. The predicted molar refractivity (Wildman–Crippen MR) is 121 cm³/mol. The molecule has 0 aromatic heterocycles. The van der Waals surface area contributed by atoms with Crippen LogP contribution in [0.3, 0.4) is 0 Å². The molecule has 0 saturated carbocycles. The number of hydrogen-bond donors (Lipinski definition) is 1. The number of rotatable bonds is 8. The molecule has 1 aromatic carbocycles. The summed E-state index contributed by atoms with van der Waals surface area (Å²) in [7, 11) is 4.23. The van der Waals surface area contributed by atoms with Crippen LogP contribution in [-0.4, -0.2) is 68.3 Å². The highest BCUT2D eigenvalue weighted by Crippen LogP contribution is 2.25. The zero-order chi connectivity index (χ0) is 17.2. The lowest BCUT2D eigenvalue weighted by Crippen LogP contribution is -2.40. The Balaban J connectivity index is 0.00000312. The van der Waals surface area contributed by atoms with Crippen molar-refractivity contribution in [3.63, 3.8) is 0 Å². The van der Waals surface area contributed by atoms with E-state index in [0.717, 1.165) is 51.0 Å². The van der Waals surface area contributed by atoms with Crippen molar-refractivity contribution in [2.24, 2.45) is 10.9 Å². The first kappa shape index (κ1) is 22.6. The molecule has 4 nitrogen and oxygen atoms in total. The number of halogens is 1. The van der Waals surface area contributed by atoms with Gasteiger partial charge in [0.1, 0.15) is 0 Å². The van der Waals surface area contributed by atoms with Crippen LogP contribution in [0, 0.1) is 5.92 Å². The fourth-order valence-electron chi connectivity index (χ4n) is 2.89. The van der Waals surface area contributed by atoms with Crippen LogP contribution < -0.4 is 5.32 Å². The van der Waals surface area contributed by atoms with Crippen molar-refractivity contribution in [2.45, 2.75) is 24.7 Å². The van der Waals surface area contributed by atoms with Gasteiger partial charge in [0, 0.05) is 36.8 Å². The smallest absolute Gasteiger partial charge is 0.193 e. The van der Waals surface area contributed by atoms with Crippen molar-refractivity contribution in [3.8, 4) is 0 Å². The summed E-state index contributed by atoms with van der Waals surface area (Å²) in [5.41, 5.74) is 0. The molecular weight excluding hydrogens is 443 g/mol. The summed E-state index contributed by atoms with van der Waals surface area (Å²) in [6, 6.07) is 10.7. The molecule has 1 aliphatic rings. The second kappa shape index (κ2) is 12.8. The summed E-state index contributed by atoms with van der Waals surface area (Å²) in [4.78, 5) is 10.9. The van der Waals surface area contributed by atoms with Crippen LogP contribution in [-0.2, 0) is 0 Å². The average Bonchev–Trinajstić information content (AvgIpc) is 3.05. The average molecular weight is 476 g/mol. The Hall–Kier alpha value is -0.470. The Labute approximate surface area is 174 Å². The van der Waals surface area contributed by atoms with E-state index in [9.17, 15) is 0 Å². The maximum atomic E-state index is 4.82. The monoisotopic (exact) mass is 476 g/mol. The van der Waals surface area contributed by atoms with Gasteiger partial charge in [0.05, 0.1) is 0 Å². The van der Waals surface area contributed by atoms with E-state index in [1.54, 1.807) is 0 Å². The van der Waals surface area contributed by atoms with Gasteiger partial charge in [-0.1, -0.05) is 18.2 Å². The van der Waals surface area contributed by atoms with Gasteiger partial charge in [-0.3, -0.25) is 4.99 Å². The van der Waals surface area contributed by atoms with Gasteiger partial charge in [-0.25, -0.2) is 0 Å². The third-order valence-electron chi connectivity index (χ3n) is 4.17. The number of nitrogens with one attached hydrogen (secondary N) is 1. The molecule has 142 valence electrons. The molecule has 6 heteroatoms. The number of likely N-dealkylation sites (tertiary alicyclic amines) is 1. The van der Waals surface area contributed by atoms with Crippen molar-refractivity contribution in [1.29, 1.82) is 0 Å². The molecule has 1 N–H and O–H groups in total. The molecular formula is C19H33IN4S. The number of thioether (sulfide) groups is 1. The van der Waals surface area contributed by atoms with E-state index in [0.29, 0.717) is 0 Å². The van der Waals surface area contributed by atoms with Gasteiger partial charge in [-0.05, 0) is 58.5 Å². The van der Waals surface area contributed by atoms with Crippen LogP contribution >= 0.6 is 35.7 Å². The maximum absolute atomic E-state index is 4.82. The maximum Gasteiger partial charge on any atom is 0.193 e. The summed E-state index contributed by atoms with van der Waals surface area (Å²) in [6.07, 6.45) is 2.38. The van der Waals surface area contributed by atoms with E-state index >= 15 is 0 Å². The lowest BCUT2D eigenvalue weighted by atomic mass is 10.2. The number of guanidine groups is 1. The highest BCUT2D eigenvalue weighted by atomic mass is 127. The van der Waals surface area contributed by atoms with Gasteiger partial charge >= 0.3 is 0 Å². The predicted octanol–water partition coefficient (Wildman–Crippen LogP) is 3.64. The molecule has 0 amide bonds. The third kappa shape index (κ3) is 8.64. The topological polar surface area (TPSA) is 30.9 Å². The first-order valence-electron chi connectivity index (χ1n) is 9.05. The first-order chi connectivity index (χ1) is 11.7. The number of benzene rings is 1. The van der Waals surface area contributed by atoms with Crippen LogP contribution in [0.4, 0.5) is 0 Å². The second-order valence-corrected chi connectivity index (χ2v) is 7.71. The standard InChI is InChI=1S/C19H32N4S.HI/c1-4-20-19(21-12-8-13-22(2)3)23-14-11-17(15-23)16-24-18-9-6-5-7-10-18;/h5-7,9-10,17H,4,8,11-16H2,1-3H3,(H,20,21);1H. The number of nitrogens with zero attached hydrogens (tertiary/aromatic N) is 3. The largest absolute Gasteiger partial charge is 0.357 e. The summed E-state index contributed by atoms with van der Waals surface area (Å²) in [5, 5.41) is 3.46.